The van der Waals surface area contributed by atoms with Gasteiger partial charge < -0.3 is 14.2 Å². The summed E-state index contributed by atoms with van der Waals surface area (Å²) < 4.78 is 16.0. The number of rotatable bonds is 5. The van der Waals surface area contributed by atoms with Crippen LogP contribution in [-0.2, 0) is 0 Å². The van der Waals surface area contributed by atoms with Crippen molar-refractivity contribution in [1.29, 1.82) is 0 Å². The molecule has 2 aromatic rings. The van der Waals surface area contributed by atoms with E-state index in [1.54, 1.807) is 44.6 Å². The van der Waals surface area contributed by atoms with E-state index in [1.165, 1.54) is 13.1 Å². The zero-order valence-corrected chi connectivity index (χ0v) is 11.5. The predicted molar refractivity (Wildman–Crippen MR) is 73.9 cm³/mol. The molecule has 0 bridgehead atoms. The fourth-order valence-corrected chi connectivity index (χ4v) is 1.65. The molecule has 5 heteroatoms. The van der Waals surface area contributed by atoms with Gasteiger partial charge in [-0.05, 0) is 13.0 Å². The van der Waals surface area contributed by atoms with Crippen LogP contribution < -0.4 is 14.2 Å². The molecule has 1 aromatic carbocycles. The summed E-state index contributed by atoms with van der Waals surface area (Å²) in [7, 11) is 3.13. The highest BCUT2D eigenvalue weighted by molar-refractivity contribution is 5.94. The second-order valence-electron chi connectivity index (χ2n) is 4.09. The highest BCUT2D eigenvalue weighted by atomic mass is 16.5. The Labute approximate surface area is 117 Å². The Morgan fingerprint density at radius 3 is 2.15 bits per heavy atom. The Bertz CT molecular complexity index is 603. The fraction of sp³-hybridized carbons (Fsp3) is 0.200. The maximum absolute atomic E-state index is 11.3. The largest absolute Gasteiger partial charge is 0.496 e. The first-order valence-electron chi connectivity index (χ1n) is 6.00. The van der Waals surface area contributed by atoms with Crippen molar-refractivity contribution in [2.24, 2.45) is 0 Å². The van der Waals surface area contributed by atoms with Gasteiger partial charge in [-0.1, -0.05) is 0 Å². The Balaban J connectivity index is 2.29. The van der Waals surface area contributed by atoms with Crippen molar-refractivity contribution in [3.05, 3.63) is 42.1 Å². The van der Waals surface area contributed by atoms with Crippen LogP contribution in [-0.4, -0.2) is 25.0 Å². The molecular formula is C15H15NO4. The lowest BCUT2D eigenvalue weighted by molar-refractivity contribution is 0.101. The van der Waals surface area contributed by atoms with Gasteiger partial charge in [0.05, 0.1) is 14.2 Å². The zero-order chi connectivity index (χ0) is 14.5. The number of pyridine rings is 1. The highest BCUT2D eigenvalue weighted by Crippen LogP contribution is 2.30. The Morgan fingerprint density at radius 1 is 1.00 bits per heavy atom. The summed E-state index contributed by atoms with van der Waals surface area (Å²) in [5.74, 6) is 2.05. The van der Waals surface area contributed by atoms with Crippen LogP contribution >= 0.6 is 0 Å². The van der Waals surface area contributed by atoms with Gasteiger partial charge >= 0.3 is 0 Å². The number of nitrogens with zero attached hydrogens (tertiary/aromatic N) is 1. The second-order valence-corrected chi connectivity index (χ2v) is 4.09. The molecule has 0 aliphatic carbocycles. The summed E-state index contributed by atoms with van der Waals surface area (Å²) in [6.07, 6.45) is 1.53. The van der Waals surface area contributed by atoms with Crippen LogP contribution in [0, 0.1) is 0 Å². The lowest BCUT2D eigenvalue weighted by Crippen LogP contribution is -1.95. The van der Waals surface area contributed by atoms with Crippen molar-refractivity contribution < 1.29 is 19.0 Å². The number of carbonyl (C=O) groups excluding carboxylic acids is 1. The molecule has 0 fully saturated rings. The van der Waals surface area contributed by atoms with Crippen molar-refractivity contribution >= 4 is 5.78 Å². The normalized spacial score (nSPS) is 9.95. The molecule has 0 atom stereocenters. The molecule has 0 aliphatic heterocycles. The number of ketones is 1. The van der Waals surface area contributed by atoms with E-state index in [1.807, 2.05) is 0 Å². The summed E-state index contributed by atoms with van der Waals surface area (Å²) >= 11 is 0. The van der Waals surface area contributed by atoms with Gasteiger partial charge in [-0.3, -0.25) is 4.79 Å². The standard InChI is InChI=1S/C15H15NO4/c1-10(17)11-4-5-16-15(6-11)20-14-8-12(18-2)7-13(9-14)19-3/h4-9H,1-3H3. The Morgan fingerprint density at radius 2 is 1.60 bits per heavy atom. The van der Waals surface area contributed by atoms with Gasteiger partial charge in [0.2, 0.25) is 5.88 Å². The van der Waals surface area contributed by atoms with Gasteiger partial charge in [0.25, 0.3) is 0 Å². The Kier molecular flexibility index (Phi) is 4.20. The summed E-state index contributed by atoms with van der Waals surface area (Å²) in [6.45, 7) is 1.49. The van der Waals surface area contributed by atoms with E-state index < -0.39 is 0 Å². The van der Waals surface area contributed by atoms with Crippen LogP contribution in [0.5, 0.6) is 23.1 Å². The third-order valence-corrected chi connectivity index (χ3v) is 2.69. The zero-order valence-electron chi connectivity index (χ0n) is 11.5. The summed E-state index contributed by atoms with van der Waals surface area (Å²) in [4.78, 5) is 15.4. The average molecular weight is 273 g/mol. The van der Waals surface area contributed by atoms with Crippen LogP contribution in [0.4, 0.5) is 0 Å². The Hall–Kier alpha value is -2.56. The van der Waals surface area contributed by atoms with E-state index in [2.05, 4.69) is 4.98 Å². The number of benzene rings is 1. The first kappa shape index (κ1) is 13.9. The molecule has 0 N–H and O–H groups in total. The molecule has 104 valence electrons. The number of Topliss-reactive ketones (excluding diaryl/α,β-unsaturated/α-hetero) is 1. The smallest absolute Gasteiger partial charge is 0.219 e. The molecule has 0 saturated heterocycles. The third kappa shape index (κ3) is 3.26. The first-order valence-corrected chi connectivity index (χ1v) is 6.00. The van der Waals surface area contributed by atoms with E-state index in [4.69, 9.17) is 14.2 Å². The van der Waals surface area contributed by atoms with Crippen LogP contribution in [0.3, 0.4) is 0 Å². The lowest BCUT2D eigenvalue weighted by Gasteiger charge is -2.09. The minimum atomic E-state index is -0.0412. The number of aromatic nitrogens is 1. The minimum absolute atomic E-state index is 0.0412. The monoisotopic (exact) mass is 273 g/mol. The summed E-state index contributed by atoms with van der Waals surface area (Å²) in [5, 5.41) is 0. The van der Waals surface area contributed by atoms with Crippen molar-refractivity contribution in [1.82, 2.24) is 4.98 Å². The van der Waals surface area contributed by atoms with Crippen LogP contribution in [0.2, 0.25) is 0 Å². The number of ether oxygens (including phenoxy) is 3. The van der Waals surface area contributed by atoms with Crippen LogP contribution in [0.25, 0.3) is 0 Å². The summed E-state index contributed by atoms with van der Waals surface area (Å²) in [6, 6.07) is 8.40. The molecule has 0 spiro atoms. The van der Waals surface area contributed by atoms with Crippen molar-refractivity contribution in [3.63, 3.8) is 0 Å². The maximum atomic E-state index is 11.3. The van der Waals surface area contributed by atoms with Gasteiger partial charge in [-0.25, -0.2) is 4.98 Å². The quantitative estimate of drug-likeness (QED) is 0.783. The van der Waals surface area contributed by atoms with Gasteiger partial charge in [0, 0.05) is 36.0 Å². The van der Waals surface area contributed by atoms with E-state index in [0.29, 0.717) is 28.7 Å². The molecule has 5 nitrogen and oxygen atoms in total. The lowest BCUT2D eigenvalue weighted by atomic mass is 10.2. The van der Waals surface area contributed by atoms with E-state index in [0.717, 1.165) is 0 Å². The molecule has 0 aliphatic rings. The molecule has 0 unspecified atom stereocenters. The van der Waals surface area contributed by atoms with E-state index >= 15 is 0 Å². The fourth-order valence-electron chi connectivity index (χ4n) is 1.65. The molecule has 20 heavy (non-hydrogen) atoms. The number of hydrogen-bond acceptors (Lipinski definition) is 5. The van der Waals surface area contributed by atoms with Gasteiger partial charge in [0.1, 0.15) is 17.2 Å². The predicted octanol–water partition coefficient (Wildman–Crippen LogP) is 3.09. The minimum Gasteiger partial charge on any atom is -0.496 e. The molecule has 0 radical (unpaired) electrons. The first-order chi connectivity index (χ1) is 9.62. The van der Waals surface area contributed by atoms with Crippen molar-refractivity contribution in [3.8, 4) is 23.1 Å². The topological polar surface area (TPSA) is 57.7 Å². The molecular weight excluding hydrogens is 258 g/mol. The number of methoxy groups -OCH3 is 2. The van der Waals surface area contributed by atoms with Crippen LogP contribution in [0.1, 0.15) is 17.3 Å². The molecule has 1 aromatic heterocycles. The second kappa shape index (κ2) is 6.06. The van der Waals surface area contributed by atoms with Crippen LogP contribution in [0.15, 0.2) is 36.5 Å². The third-order valence-electron chi connectivity index (χ3n) is 2.69. The molecule has 0 saturated carbocycles. The SMILES string of the molecule is COc1cc(OC)cc(Oc2cc(C(C)=O)ccn2)c1. The van der Waals surface area contributed by atoms with E-state index in [9.17, 15) is 4.79 Å². The van der Waals surface area contributed by atoms with Gasteiger partial charge in [0.15, 0.2) is 5.78 Å². The molecule has 2 rings (SSSR count). The summed E-state index contributed by atoms with van der Waals surface area (Å²) in [5.41, 5.74) is 0.546. The number of hydrogen-bond donors (Lipinski definition) is 0. The average Bonchev–Trinajstić information content (AvgIpc) is 2.47. The number of carbonyl (C=O) groups is 1. The van der Waals surface area contributed by atoms with E-state index in [-0.39, 0.29) is 5.78 Å². The molecule has 1 heterocycles. The van der Waals surface area contributed by atoms with Crippen molar-refractivity contribution in [2.45, 2.75) is 6.92 Å². The maximum Gasteiger partial charge on any atom is 0.219 e. The van der Waals surface area contributed by atoms with Crippen molar-refractivity contribution in [2.75, 3.05) is 14.2 Å². The van der Waals surface area contributed by atoms with Gasteiger partial charge in [-0.15, -0.1) is 0 Å². The highest BCUT2D eigenvalue weighted by Gasteiger charge is 2.07. The van der Waals surface area contributed by atoms with Gasteiger partial charge in [-0.2, -0.15) is 0 Å². The molecule has 0 amide bonds.